The van der Waals surface area contributed by atoms with Crippen LogP contribution >= 0.6 is 11.6 Å². The fourth-order valence-corrected chi connectivity index (χ4v) is 2.02. The summed E-state index contributed by atoms with van der Waals surface area (Å²) in [6.45, 7) is 4.78. The van der Waals surface area contributed by atoms with Gasteiger partial charge in [0.25, 0.3) is 0 Å². The van der Waals surface area contributed by atoms with Crippen molar-refractivity contribution in [1.82, 2.24) is 0 Å². The third kappa shape index (κ3) is 4.49. The first-order valence-corrected chi connectivity index (χ1v) is 6.76. The lowest BCUT2D eigenvalue weighted by molar-refractivity contribution is 0.242. The van der Waals surface area contributed by atoms with Crippen molar-refractivity contribution in [2.24, 2.45) is 0 Å². The quantitative estimate of drug-likeness (QED) is 0.851. The van der Waals surface area contributed by atoms with Crippen LogP contribution in [0, 0.1) is 0 Å². The maximum Gasteiger partial charge on any atom is 0.121 e. The molecule has 100 valence electrons. The van der Waals surface area contributed by atoms with Crippen LogP contribution in [-0.2, 0) is 6.54 Å². The molecule has 0 saturated carbocycles. The second-order valence-electron chi connectivity index (χ2n) is 4.68. The topological polar surface area (TPSA) is 21.3 Å². The number of hydrogen-bond donors (Lipinski definition) is 1. The van der Waals surface area contributed by atoms with Crippen LogP contribution in [0.3, 0.4) is 0 Å². The maximum atomic E-state index is 5.96. The zero-order chi connectivity index (χ0) is 13.7. The highest BCUT2D eigenvalue weighted by molar-refractivity contribution is 6.30. The van der Waals surface area contributed by atoms with Crippen LogP contribution in [0.4, 0.5) is 5.69 Å². The molecule has 0 aliphatic carbocycles. The van der Waals surface area contributed by atoms with Crippen molar-refractivity contribution in [3.63, 3.8) is 0 Å². The van der Waals surface area contributed by atoms with Crippen LogP contribution in [0.1, 0.15) is 19.4 Å². The second-order valence-corrected chi connectivity index (χ2v) is 5.11. The zero-order valence-corrected chi connectivity index (χ0v) is 11.9. The minimum atomic E-state index is 0.183. The summed E-state index contributed by atoms with van der Waals surface area (Å²) in [4.78, 5) is 0. The highest BCUT2D eigenvalue weighted by atomic mass is 35.5. The van der Waals surface area contributed by atoms with Crippen LogP contribution < -0.4 is 10.1 Å². The summed E-state index contributed by atoms with van der Waals surface area (Å²) in [5.74, 6) is 0.881. The van der Waals surface area contributed by atoms with E-state index in [1.54, 1.807) is 0 Å². The largest absolute Gasteiger partial charge is 0.491 e. The van der Waals surface area contributed by atoms with Gasteiger partial charge in [-0.3, -0.25) is 0 Å². The minimum absolute atomic E-state index is 0.183. The Hall–Kier alpha value is -1.67. The van der Waals surface area contributed by atoms with E-state index in [0.29, 0.717) is 0 Å². The number of hydrogen-bond acceptors (Lipinski definition) is 2. The van der Waals surface area contributed by atoms with Gasteiger partial charge in [-0.1, -0.05) is 29.8 Å². The van der Waals surface area contributed by atoms with Crippen molar-refractivity contribution >= 4 is 17.3 Å². The fourth-order valence-electron chi connectivity index (χ4n) is 1.80. The Balaban J connectivity index is 1.99. The average molecular weight is 276 g/mol. The molecule has 0 radical (unpaired) electrons. The van der Waals surface area contributed by atoms with Crippen LogP contribution in [0.25, 0.3) is 0 Å². The lowest BCUT2D eigenvalue weighted by Crippen LogP contribution is -2.06. The summed E-state index contributed by atoms with van der Waals surface area (Å²) in [7, 11) is 0. The molecule has 0 fully saturated rings. The molecule has 1 N–H and O–H groups in total. The molecule has 3 heteroatoms. The summed E-state index contributed by atoms with van der Waals surface area (Å²) >= 11 is 5.96. The molecule has 2 nitrogen and oxygen atoms in total. The first-order chi connectivity index (χ1) is 9.13. The van der Waals surface area contributed by atoms with Gasteiger partial charge >= 0.3 is 0 Å². The molecule has 0 bridgehead atoms. The molecular weight excluding hydrogens is 258 g/mol. The number of rotatable bonds is 5. The van der Waals surface area contributed by atoms with Gasteiger partial charge in [-0.05, 0) is 43.7 Å². The van der Waals surface area contributed by atoms with Crippen molar-refractivity contribution in [3.05, 3.63) is 59.1 Å². The molecular formula is C16H18ClNO. The molecule has 0 saturated heterocycles. The number of ether oxygens (including phenoxy) is 1. The third-order valence-corrected chi connectivity index (χ3v) is 2.83. The van der Waals surface area contributed by atoms with E-state index in [0.717, 1.165) is 28.6 Å². The SMILES string of the molecule is CC(C)Oc1cccc(NCc2cccc(Cl)c2)c1. The molecule has 0 atom stereocenters. The van der Waals surface area contributed by atoms with E-state index >= 15 is 0 Å². The molecule has 0 spiro atoms. The van der Waals surface area contributed by atoms with E-state index in [4.69, 9.17) is 16.3 Å². The monoisotopic (exact) mass is 275 g/mol. The molecule has 0 unspecified atom stereocenters. The van der Waals surface area contributed by atoms with Crippen LogP contribution in [0.2, 0.25) is 5.02 Å². The molecule has 0 aliphatic heterocycles. The number of nitrogens with one attached hydrogen (secondary N) is 1. The summed E-state index contributed by atoms with van der Waals surface area (Å²) in [6, 6.07) is 15.8. The second kappa shape index (κ2) is 6.48. The van der Waals surface area contributed by atoms with Gasteiger partial charge in [0.15, 0.2) is 0 Å². The van der Waals surface area contributed by atoms with Crippen LogP contribution in [0.15, 0.2) is 48.5 Å². The Kier molecular flexibility index (Phi) is 4.69. The van der Waals surface area contributed by atoms with Gasteiger partial charge in [0.05, 0.1) is 6.10 Å². The van der Waals surface area contributed by atoms with E-state index in [-0.39, 0.29) is 6.10 Å². The molecule has 0 aromatic heterocycles. The highest BCUT2D eigenvalue weighted by Crippen LogP contribution is 2.19. The van der Waals surface area contributed by atoms with Gasteiger partial charge in [0.2, 0.25) is 0 Å². The van der Waals surface area contributed by atoms with Crippen molar-refractivity contribution < 1.29 is 4.74 Å². The van der Waals surface area contributed by atoms with Crippen molar-refractivity contribution in [2.75, 3.05) is 5.32 Å². The molecule has 0 amide bonds. The smallest absolute Gasteiger partial charge is 0.121 e. The van der Waals surface area contributed by atoms with Gasteiger partial charge < -0.3 is 10.1 Å². The van der Waals surface area contributed by atoms with Crippen molar-refractivity contribution in [1.29, 1.82) is 0 Å². The van der Waals surface area contributed by atoms with Crippen molar-refractivity contribution in [2.45, 2.75) is 26.5 Å². The molecule has 2 rings (SSSR count). The van der Waals surface area contributed by atoms with Gasteiger partial charge in [-0.15, -0.1) is 0 Å². The first-order valence-electron chi connectivity index (χ1n) is 6.38. The van der Waals surface area contributed by atoms with Gasteiger partial charge in [0, 0.05) is 23.3 Å². The highest BCUT2D eigenvalue weighted by Gasteiger charge is 2.00. The maximum absolute atomic E-state index is 5.96. The Labute approximate surface area is 119 Å². The minimum Gasteiger partial charge on any atom is -0.491 e. The molecule has 2 aromatic carbocycles. The Morgan fingerprint density at radius 3 is 2.63 bits per heavy atom. The summed E-state index contributed by atoms with van der Waals surface area (Å²) < 4.78 is 5.66. The van der Waals surface area contributed by atoms with E-state index in [1.807, 2.05) is 62.4 Å². The first kappa shape index (κ1) is 13.8. The normalized spacial score (nSPS) is 10.5. The van der Waals surface area contributed by atoms with Gasteiger partial charge in [-0.2, -0.15) is 0 Å². The van der Waals surface area contributed by atoms with Crippen LogP contribution in [0.5, 0.6) is 5.75 Å². The van der Waals surface area contributed by atoms with E-state index in [2.05, 4.69) is 5.32 Å². The average Bonchev–Trinajstić information content (AvgIpc) is 2.36. The third-order valence-electron chi connectivity index (χ3n) is 2.59. The molecule has 0 aliphatic rings. The summed E-state index contributed by atoms with van der Waals surface area (Å²) in [6.07, 6.45) is 0.183. The zero-order valence-electron chi connectivity index (χ0n) is 11.2. The predicted octanol–water partition coefficient (Wildman–Crippen LogP) is 4.74. The van der Waals surface area contributed by atoms with E-state index in [1.165, 1.54) is 0 Å². The van der Waals surface area contributed by atoms with E-state index < -0.39 is 0 Å². The number of anilines is 1. The fraction of sp³-hybridized carbons (Fsp3) is 0.250. The van der Waals surface area contributed by atoms with Gasteiger partial charge in [-0.25, -0.2) is 0 Å². The standard InChI is InChI=1S/C16H18ClNO/c1-12(2)19-16-8-4-7-15(10-16)18-11-13-5-3-6-14(17)9-13/h3-10,12,18H,11H2,1-2H3. The number of benzene rings is 2. The van der Waals surface area contributed by atoms with Crippen molar-refractivity contribution in [3.8, 4) is 5.75 Å². The summed E-state index contributed by atoms with van der Waals surface area (Å²) in [5, 5.41) is 4.12. The van der Waals surface area contributed by atoms with Gasteiger partial charge in [0.1, 0.15) is 5.75 Å². The molecule has 19 heavy (non-hydrogen) atoms. The molecule has 2 aromatic rings. The summed E-state index contributed by atoms with van der Waals surface area (Å²) in [5.41, 5.74) is 2.20. The lowest BCUT2D eigenvalue weighted by atomic mass is 10.2. The Bertz CT molecular complexity index is 540. The lowest BCUT2D eigenvalue weighted by Gasteiger charge is -2.12. The number of halogens is 1. The van der Waals surface area contributed by atoms with Crippen LogP contribution in [-0.4, -0.2) is 6.10 Å². The Morgan fingerprint density at radius 2 is 1.89 bits per heavy atom. The predicted molar refractivity (Wildman–Crippen MR) is 81.0 cm³/mol. The van der Waals surface area contributed by atoms with E-state index in [9.17, 15) is 0 Å². The Morgan fingerprint density at radius 1 is 1.11 bits per heavy atom. The molecule has 0 heterocycles.